The summed E-state index contributed by atoms with van der Waals surface area (Å²) in [6, 6.07) is 16.6. The lowest BCUT2D eigenvalue weighted by Crippen LogP contribution is -2.42. The largest absolute Gasteiger partial charge is 0.356 e. The molecule has 1 unspecified atom stereocenters. The van der Waals surface area contributed by atoms with Crippen molar-refractivity contribution in [1.82, 2.24) is 9.88 Å². The zero-order chi connectivity index (χ0) is 18.8. The molecule has 4 nitrogen and oxygen atoms in total. The second-order valence-corrected chi connectivity index (χ2v) is 7.27. The van der Waals surface area contributed by atoms with Crippen molar-refractivity contribution < 1.29 is 4.79 Å². The number of aryl methyl sites for hydroxylation is 1. The van der Waals surface area contributed by atoms with Gasteiger partial charge in [-0.1, -0.05) is 56.7 Å². The van der Waals surface area contributed by atoms with Gasteiger partial charge in [-0.15, -0.1) is 0 Å². The van der Waals surface area contributed by atoms with Crippen LogP contribution in [0.25, 0.3) is 10.9 Å². The Kier molecular flexibility index (Phi) is 4.88. The van der Waals surface area contributed by atoms with Crippen LogP contribution in [-0.4, -0.2) is 22.5 Å². The van der Waals surface area contributed by atoms with E-state index >= 15 is 0 Å². The smallest absolute Gasteiger partial charge is 0.322 e. The number of hydrogen-bond acceptors (Lipinski definition) is 1. The lowest BCUT2D eigenvalue weighted by molar-refractivity contribution is 0.179. The van der Waals surface area contributed by atoms with E-state index in [0.29, 0.717) is 0 Å². The molecule has 2 amide bonds. The third-order valence-corrected chi connectivity index (χ3v) is 5.58. The van der Waals surface area contributed by atoms with Crippen LogP contribution in [0, 0.1) is 0 Å². The Hall–Kier alpha value is -2.75. The molecule has 0 aliphatic carbocycles. The second kappa shape index (κ2) is 7.47. The van der Waals surface area contributed by atoms with Gasteiger partial charge >= 0.3 is 6.03 Å². The monoisotopic (exact) mass is 361 g/mol. The molecule has 2 aromatic carbocycles. The number of carbonyl (C=O) groups is 1. The molecule has 27 heavy (non-hydrogen) atoms. The summed E-state index contributed by atoms with van der Waals surface area (Å²) in [7, 11) is 0. The Morgan fingerprint density at radius 2 is 1.93 bits per heavy atom. The molecule has 4 heteroatoms. The number of carbonyl (C=O) groups excluding carboxylic acids is 1. The minimum absolute atomic E-state index is 0.00490. The van der Waals surface area contributed by atoms with Gasteiger partial charge in [-0.2, -0.15) is 0 Å². The van der Waals surface area contributed by atoms with Crippen molar-refractivity contribution in [3.63, 3.8) is 0 Å². The molecule has 1 atom stereocenters. The lowest BCUT2D eigenvalue weighted by Gasteiger charge is -2.35. The normalized spacial score (nSPS) is 16.4. The highest BCUT2D eigenvalue weighted by atomic mass is 16.2. The number of nitrogens with zero attached hydrogens (tertiary/aromatic N) is 1. The first-order chi connectivity index (χ1) is 13.2. The van der Waals surface area contributed by atoms with Crippen LogP contribution in [0.4, 0.5) is 10.5 Å². The Labute approximate surface area is 160 Å². The topological polar surface area (TPSA) is 48.1 Å². The van der Waals surface area contributed by atoms with Crippen molar-refractivity contribution >= 4 is 22.6 Å². The quantitative estimate of drug-likeness (QED) is 0.619. The molecule has 0 radical (unpaired) electrons. The Bertz CT molecular complexity index is 959. The minimum atomic E-state index is -0.00490. The third kappa shape index (κ3) is 3.20. The van der Waals surface area contributed by atoms with Crippen LogP contribution < -0.4 is 5.32 Å². The van der Waals surface area contributed by atoms with Crippen LogP contribution in [-0.2, 0) is 12.8 Å². The maximum absolute atomic E-state index is 13.1. The van der Waals surface area contributed by atoms with E-state index in [0.717, 1.165) is 43.4 Å². The summed E-state index contributed by atoms with van der Waals surface area (Å²) in [5.74, 6) is 0. The Balaban J connectivity index is 1.62. The number of benzene rings is 2. The molecule has 1 aliphatic heterocycles. The summed E-state index contributed by atoms with van der Waals surface area (Å²) in [4.78, 5) is 18.7. The Morgan fingerprint density at radius 3 is 2.74 bits per heavy atom. The van der Waals surface area contributed by atoms with Gasteiger partial charge in [-0.3, -0.25) is 0 Å². The first-order valence-corrected chi connectivity index (χ1v) is 9.98. The van der Waals surface area contributed by atoms with E-state index in [1.807, 2.05) is 23.1 Å². The maximum atomic E-state index is 13.1. The summed E-state index contributed by atoms with van der Waals surface area (Å²) in [6.45, 7) is 5.06. The highest BCUT2D eigenvalue weighted by Gasteiger charge is 2.32. The van der Waals surface area contributed by atoms with Crippen molar-refractivity contribution in [3.05, 3.63) is 65.4 Å². The fourth-order valence-corrected chi connectivity index (χ4v) is 4.30. The number of aromatic nitrogens is 1. The molecule has 140 valence electrons. The van der Waals surface area contributed by atoms with Gasteiger partial charge < -0.3 is 15.2 Å². The fraction of sp³-hybridized carbons (Fsp3) is 0.348. The number of aromatic amines is 1. The number of H-pyrrole nitrogens is 1. The van der Waals surface area contributed by atoms with Gasteiger partial charge in [0.1, 0.15) is 0 Å². The number of rotatable bonds is 4. The fourth-order valence-electron chi connectivity index (χ4n) is 4.30. The van der Waals surface area contributed by atoms with Crippen LogP contribution in [0.2, 0.25) is 0 Å². The minimum Gasteiger partial charge on any atom is -0.356 e. The van der Waals surface area contributed by atoms with Crippen LogP contribution >= 0.6 is 0 Å². The number of urea groups is 1. The summed E-state index contributed by atoms with van der Waals surface area (Å²) in [5, 5.41) is 4.46. The van der Waals surface area contributed by atoms with E-state index in [9.17, 15) is 4.79 Å². The van der Waals surface area contributed by atoms with E-state index in [-0.39, 0.29) is 12.1 Å². The first-order valence-electron chi connectivity index (χ1n) is 9.98. The standard InChI is InChI=1S/C23H27N3O/c1-3-9-16-10-5-7-12-19(16)25-23(27)26-15-14-18-17-11-6-8-13-20(17)24-22(18)21(26)4-2/h5-8,10-13,21,24H,3-4,9,14-15H2,1-2H3,(H,25,27). The van der Waals surface area contributed by atoms with Gasteiger partial charge in [0.15, 0.2) is 0 Å². The average molecular weight is 361 g/mol. The summed E-state index contributed by atoms with van der Waals surface area (Å²) < 4.78 is 0. The predicted octanol–water partition coefficient (Wildman–Crippen LogP) is 5.66. The maximum Gasteiger partial charge on any atom is 0.322 e. The highest BCUT2D eigenvalue weighted by molar-refractivity contribution is 5.91. The lowest BCUT2D eigenvalue weighted by atomic mass is 9.96. The molecular formula is C23H27N3O. The van der Waals surface area contributed by atoms with Crippen molar-refractivity contribution in [3.8, 4) is 0 Å². The van der Waals surface area contributed by atoms with Crippen LogP contribution in [0.5, 0.6) is 0 Å². The zero-order valence-corrected chi connectivity index (χ0v) is 16.1. The predicted molar refractivity (Wildman–Crippen MR) is 111 cm³/mol. The molecule has 0 spiro atoms. The molecule has 2 N–H and O–H groups in total. The molecule has 2 heterocycles. The number of anilines is 1. The van der Waals surface area contributed by atoms with Crippen molar-refractivity contribution in [2.75, 3.05) is 11.9 Å². The number of para-hydroxylation sites is 2. The van der Waals surface area contributed by atoms with Gasteiger partial charge in [0.25, 0.3) is 0 Å². The first kappa shape index (κ1) is 17.7. The van der Waals surface area contributed by atoms with E-state index < -0.39 is 0 Å². The van der Waals surface area contributed by atoms with Crippen molar-refractivity contribution in [2.45, 2.75) is 45.6 Å². The van der Waals surface area contributed by atoms with Gasteiger partial charge in [0.2, 0.25) is 0 Å². The summed E-state index contributed by atoms with van der Waals surface area (Å²) in [6.07, 6.45) is 3.82. The van der Waals surface area contributed by atoms with E-state index in [1.54, 1.807) is 0 Å². The zero-order valence-electron chi connectivity index (χ0n) is 16.1. The van der Waals surface area contributed by atoms with Gasteiger partial charge in [0, 0.05) is 28.8 Å². The van der Waals surface area contributed by atoms with Gasteiger partial charge in [-0.25, -0.2) is 4.79 Å². The Morgan fingerprint density at radius 1 is 1.15 bits per heavy atom. The number of hydrogen-bond donors (Lipinski definition) is 2. The highest BCUT2D eigenvalue weighted by Crippen LogP contribution is 2.36. The SMILES string of the molecule is CCCc1ccccc1NC(=O)N1CCc2c([nH]c3ccccc23)C1CC. The van der Waals surface area contributed by atoms with Crippen molar-refractivity contribution in [1.29, 1.82) is 0 Å². The van der Waals surface area contributed by atoms with Gasteiger partial charge in [-0.05, 0) is 42.5 Å². The molecular weight excluding hydrogens is 334 g/mol. The number of fused-ring (bicyclic) bond motifs is 3. The van der Waals surface area contributed by atoms with Crippen molar-refractivity contribution in [2.24, 2.45) is 0 Å². The van der Waals surface area contributed by atoms with Crippen LogP contribution in [0.15, 0.2) is 48.5 Å². The molecule has 0 fully saturated rings. The third-order valence-electron chi connectivity index (χ3n) is 5.58. The molecule has 1 aliphatic rings. The second-order valence-electron chi connectivity index (χ2n) is 7.27. The molecule has 0 saturated heterocycles. The molecule has 4 rings (SSSR count). The van der Waals surface area contributed by atoms with E-state index in [2.05, 4.69) is 54.5 Å². The number of amides is 2. The average Bonchev–Trinajstić information content (AvgIpc) is 3.07. The number of nitrogens with one attached hydrogen (secondary N) is 2. The summed E-state index contributed by atoms with van der Waals surface area (Å²) >= 11 is 0. The van der Waals surface area contributed by atoms with E-state index in [1.165, 1.54) is 22.2 Å². The summed E-state index contributed by atoms with van der Waals surface area (Å²) in [5.41, 5.74) is 5.86. The van der Waals surface area contributed by atoms with Gasteiger partial charge in [0.05, 0.1) is 6.04 Å². The molecule has 0 bridgehead atoms. The van der Waals surface area contributed by atoms with Crippen LogP contribution in [0.3, 0.4) is 0 Å². The molecule has 0 saturated carbocycles. The molecule has 3 aromatic rings. The van der Waals surface area contributed by atoms with Crippen LogP contribution in [0.1, 0.15) is 49.6 Å². The van der Waals surface area contributed by atoms with E-state index in [4.69, 9.17) is 0 Å². The molecule has 1 aromatic heterocycles.